The van der Waals surface area contributed by atoms with E-state index in [0.29, 0.717) is 19.8 Å². The van der Waals surface area contributed by atoms with Crippen molar-refractivity contribution >= 4 is 5.91 Å². The van der Waals surface area contributed by atoms with Crippen LogP contribution in [-0.2, 0) is 16.1 Å². The molecular formula is C18H23NO4. The Balaban J connectivity index is 1.56. The van der Waals surface area contributed by atoms with Crippen LogP contribution in [-0.4, -0.2) is 25.7 Å². The number of benzene rings is 1. The summed E-state index contributed by atoms with van der Waals surface area (Å²) in [6.07, 6.45) is 2.37. The third kappa shape index (κ3) is 5.79. The van der Waals surface area contributed by atoms with Gasteiger partial charge in [-0.05, 0) is 43.5 Å². The molecule has 1 N–H and O–H groups in total. The van der Waals surface area contributed by atoms with Crippen molar-refractivity contribution < 1.29 is 18.7 Å². The van der Waals surface area contributed by atoms with Crippen LogP contribution < -0.4 is 10.1 Å². The SMILES string of the molecule is Cc1cccc(C)c1OCC(=O)NCCCOCc1ccco1. The summed E-state index contributed by atoms with van der Waals surface area (Å²) in [4.78, 5) is 11.8. The van der Waals surface area contributed by atoms with Gasteiger partial charge in [0.05, 0.1) is 6.26 Å². The van der Waals surface area contributed by atoms with Gasteiger partial charge >= 0.3 is 0 Å². The first-order chi connectivity index (χ1) is 11.2. The lowest BCUT2D eigenvalue weighted by molar-refractivity contribution is -0.123. The molecule has 1 aromatic carbocycles. The first-order valence-corrected chi connectivity index (χ1v) is 7.72. The van der Waals surface area contributed by atoms with Gasteiger partial charge < -0.3 is 19.2 Å². The zero-order valence-corrected chi connectivity index (χ0v) is 13.6. The Morgan fingerprint density at radius 2 is 1.96 bits per heavy atom. The highest BCUT2D eigenvalue weighted by atomic mass is 16.5. The summed E-state index contributed by atoms with van der Waals surface area (Å²) in [6.45, 7) is 5.55. The molecule has 0 saturated heterocycles. The van der Waals surface area contributed by atoms with Crippen LogP contribution in [0, 0.1) is 13.8 Å². The van der Waals surface area contributed by atoms with Crippen molar-refractivity contribution in [2.75, 3.05) is 19.8 Å². The molecule has 0 bridgehead atoms. The fraction of sp³-hybridized carbons (Fsp3) is 0.389. The Morgan fingerprint density at radius 3 is 2.65 bits per heavy atom. The van der Waals surface area contributed by atoms with Gasteiger partial charge in [0.25, 0.3) is 5.91 Å². The first-order valence-electron chi connectivity index (χ1n) is 7.72. The highest BCUT2D eigenvalue weighted by Crippen LogP contribution is 2.21. The summed E-state index contributed by atoms with van der Waals surface area (Å²) in [5.74, 6) is 1.46. The molecule has 23 heavy (non-hydrogen) atoms. The number of ether oxygens (including phenoxy) is 2. The fourth-order valence-corrected chi connectivity index (χ4v) is 2.19. The van der Waals surface area contributed by atoms with E-state index in [0.717, 1.165) is 29.1 Å². The average molecular weight is 317 g/mol. The van der Waals surface area contributed by atoms with Crippen LogP contribution in [0.5, 0.6) is 5.75 Å². The van der Waals surface area contributed by atoms with Crippen molar-refractivity contribution in [2.45, 2.75) is 26.9 Å². The maximum Gasteiger partial charge on any atom is 0.257 e. The lowest BCUT2D eigenvalue weighted by Gasteiger charge is -2.12. The van der Waals surface area contributed by atoms with E-state index in [1.807, 2.05) is 44.2 Å². The maximum absolute atomic E-state index is 11.8. The minimum atomic E-state index is -0.126. The molecule has 5 heteroatoms. The molecule has 0 aliphatic heterocycles. The Morgan fingerprint density at radius 1 is 1.17 bits per heavy atom. The van der Waals surface area contributed by atoms with E-state index in [2.05, 4.69) is 5.32 Å². The number of aryl methyl sites for hydroxylation is 2. The minimum absolute atomic E-state index is 0.0267. The second-order valence-corrected chi connectivity index (χ2v) is 5.35. The van der Waals surface area contributed by atoms with Gasteiger partial charge in [0, 0.05) is 13.2 Å². The standard InChI is InChI=1S/C18H23NO4/c1-14-6-3-7-15(2)18(14)23-13-17(20)19-9-5-10-21-12-16-8-4-11-22-16/h3-4,6-8,11H,5,9-10,12-13H2,1-2H3,(H,19,20). The normalized spacial score (nSPS) is 10.5. The van der Waals surface area contributed by atoms with Crippen LogP contribution in [0.4, 0.5) is 0 Å². The minimum Gasteiger partial charge on any atom is -0.483 e. The van der Waals surface area contributed by atoms with Crippen LogP contribution in [0.3, 0.4) is 0 Å². The highest BCUT2D eigenvalue weighted by Gasteiger charge is 2.06. The zero-order valence-electron chi connectivity index (χ0n) is 13.6. The lowest BCUT2D eigenvalue weighted by atomic mass is 10.1. The third-order valence-corrected chi connectivity index (χ3v) is 3.37. The van der Waals surface area contributed by atoms with Gasteiger partial charge in [0.15, 0.2) is 6.61 Å². The highest BCUT2D eigenvalue weighted by molar-refractivity contribution is 5.77. The molecule has 1 heterocycles. The van der Waals surface area contributed by atoms with Crippen LogP contribution in [0.1, 0.15) is 23.3 Å². The van der Waals surface area contributed by atoms with Gasteiger partial charge in [0.2, 0.25) is 0 Å². The molecule has 1 aromatic heterocycles. The molecule has 0 spiro atoms. The predicted octanol–water partition coefficient (Wildman–Crippen LogP) is 3.00. The molecule has 2 aromatic rings. The van der Waals surface area contributed by atoms with E-state index in [-0.39, 0.29) is 12.5 Å². The Bertz CT molecular complexity index is 587. The molecule has 124 valence electrons. The van der Waals surface area contributed by atoms with Crippen LogP contribution in [0.25, 0.3) is 0 Å². The molecule has 0 saturated carbocycles. The van der Waals surface area contributed by atoms with Gasteiger partial charge in [-0.3, -0.25) is 4.79 Å². The fourth-order valence-electron chi connectivity index (χ4n) is 2.19. The second-order valence-electron chi connectivity index (χ2n) is 5.35. The molecule has 0 aliphatic rings. The van der Waals surface area contributed by atoms with Gasteiger partial charge in [-0.1, -0.05) is 18.2 Å². The number of amides is 1. The van der Waals surface area contributed by atoms with E-state index in [1.165, 1.54) is 0 Å². The van der Waals surface area contributed by atoms with Crippen LogP contribution >= 0.6 is 0 Å². The molecule has 2 rings (SSSR count). The smallest absolute Gasteiger partial charge is 0.257 e. The summed E-state index contributed by atoms with van der Waals surface area (Å²) < 4.78 is 16.2. The van der Waals surface area contributed by atoms with E-state index in [1.54, 1.807) is 6.26 Å². The summed E-state index contributed by atoms with van der Waals surface area (Å²) in [5.41, 5.74) is 2.06. The number of furan rings is 1. The number of hydrogen-bond donors (Lipinski definition) is 1. The monoisotopic (exact) mass is 317 g/mol. The van der Waals surface area contributed by atoms with E-state index in [9.17, 15) is 4.79 Å². The number of hydrogen-bond acceptors (Lipinski definition) is 4. The van der Waals surface area contributed by atoms with Crippen molar-refractivity contribution in [3.63, 3.8) is 0 Å². The molecule has 0 atom stereocenters. The van der Waals surface area contributed by atoms with Gasteiger partial charge in [-0.25, -0.2) is 0 Å². The Hall–Kier alpha value is -2.27. The topological polar surface area (TPSA) is 60.7 Å². The summed E-state index contributed by atoms with van der Waals surface area (Å²) >= 11 is 0. The zero-order chi connectivity index (χ0) is 16.5. The van der Waals surface area contributed by atoms with Crippen LogP contribution in [0.15, 0.2) is 41.0 Å². The number of rotatable bonds is 9. The molecule has 0 radical (unpaired) electrons. The molecule has 0 aliphatic carbocycles. The molecular weight excluding hydrogens is 294 g/mol. The number of para-hydroxylation sites is 1. The second kappa shape index (κ2) is 9.00. The maximum atomic E-state index is 11.8. The molecule has 0 fully saturated rings. The third-order valence-electron chi connectivity index (χ3n) is 3.37. The number of carbonyl (C=O) groups excluding carboxylic acids is 1. The molecule has 1 amide bonds. The predicted molar refractivity (Wildman–Crippen MR) is 87.4 cm³/mol. The van der Waals surface area contributed by atoms with Gasteiger partial charge in [-0.15, -0.1) is 0 Å². The Kier molecular flexibility index (Phi) is 6.69. The largest absolute Gasteiger partial charge is 0.483 e. The van der Waals surface area contributed by atoms with Crippen molar-refractivity contribution in [1.29, 1.82) is 0 Å². The van der Waals surface area contributed by atoms with E-state index >= 15 is 0 Å². The van der Waals surface area contributed by atoms with Gasteiger partial charge in [0.1, 0.15) is 18.1 Å². The van der Waals surface area contributed by atoms with Crippen molar-refractivity contribution in [1.82, 2.24) is 5.32 Å². The van der Waals surface area contributed by atoms with Crippen molar-refractivity contribution in [3.05, 3.63) is 53.5 Å². The first kappa shape index (κ1) is 17.1. The average Bonchev–Trinajstić information content (AvgIpc) is 3.03. The lowest BCUT2D eigenvalue weighted by Crippen LogP contribution is -2.30. The summed E-state index contributed by atoms with van der Waals surface area (Å²) in [7, 11) is 0. The Labute approximate surface area is 136 Å². The molecule has 5 nitrogen and oxygen atoms in total. The van der Waals surface area contributed by atoms with Gasteiger partial charge in [-0.2, -0.15) is 0 Å². The van der Waals surface area contributed by atoms with Crippen molar-refractivity contribution in [3.8, 4) is 5.75 Å². The summed E-state index contributed by atoms with van der Waals surface area (Å²) in [6, 6.07) is 9.61. The van der Waals surface area contributed by atoms with E-state index < -0.39 is 0 Å². The quantitative estimate of drug-likeness (QED) is 0.722. The number of nitrogens with one attached hydrogen (secondary N) is 1. The van der Waals surface area contributed by atoms with E-state index in [4.69, 9.17) is 13.9 Å². The molecule has 0 unspecified atom stereocenters. The number of carbonyl (C=O) groups is 1. The van der Waals surface area contributed by atoms with Crippen LogP contribution in [0.2, 0.25) is 0 Å². The summed E-state index contributed by atoms with van der Waals surface area (Å²) in [5, 5.41) is 2.82. The van der Waals surface area contributed by atoms with Crippen molar-refractivity contribution in [2.24, 2.45) is 0 Å².